The summed E-state index contributed by atoms with van der Waals surface area (Å²) in [6.07, 6.45) is 0.963. The Bertz CT molecular complexity index is 1850. The highest BCUT2D eigenvalue weighted by atomic mass is 31.2. The first-order valence-corrected chi connectivity index (χ1v) is 22.4. The Morgan fingerprint density at radius 3 is 1.85 bits per heavy atom. The summed E-state index contributed by atoms with van der Waals surface area (Å²) in [6.45, 7) is 13.3. The van der Waals surface area contributed by atoms with Crippen LogP contribution in [0.5, 0.6) is 5.75 Å². The van der Waals surface area contributed by atoms with Crippen LogP contribution in [0.3, 0.4) is 0 Å². The lowest BCUT2D eigenvalue weighted by Crippen LogP contribution is -2.69. The molecule has 3 atom stereocenters. The number of likely N-dealkylation sites (tertiary alicyclic amines) is 1. The van der Waals surface area contributed by atoms with Crippen LogP contribution >= 0.6 is 6.89 Å². The molecule has 1 heterocycles. The van der Waals surface area contributed by atoms with E-state index in [1.807, 2.05) is 97.9 Å². The number of hydrogen-bond donors (Lipinski definition) is 0. The number of esters is 1. The van der Waals surface area contributed by atoms with Gasteiger partial charge in [0.1, 0.15) is 17.8 Å². The number of Topliss-reactive ketones (excluding diaryl/α,β-unsaturated/α-hetero) is 1. The molecule has 1 fully saturated rings. The minimum atomic E-state index is -3.16. The number of carbonyl (C=O) groups excluding carboxylic acids is 3. The number of nitrogens with zero attached hydrogens (tertiary/aromatic N) is 1. The van der Waals surface area contributed by atoms with Gasteiger partial charge in [-0.1, -0.05) is 137 Å². The number of benzene rings is 4. The number of methoxy groups -OCH3 is 1. The molecule has 0 spiro atoms. The van der Waals surface area contributed by atoms with E-state index in [0.29, 0.717) is 11.3 Å². The number of ether oxygens (including phenoxy) is 2. The summed E-state index contributed by atoms with van der Waals surface area (Å²) in [5, 5.41) is 2.51. The summed E-state index contributed by atoms with van der Waals surface area (Å²) < 4.78 is 18.2. The molecule has 0 N–H and O–H groups in total. The third-order valence-corrected chi connectivity index (χ3v) is 19.2. The van der Waals surface area contributed by atoms with E-state index in [2.05, 4.69) is 40.4 Å². The molecule has 0 aliphatic carbocycles. The second-order valence-corrected chi connectivity index (χ2v) is 22.7. The first-order chi connectivity index (χ1) is 24.8. The van der Waals surface area contributed by atoms with Crippen LogP contribution in [-0.2, 0) is 18.8 Å². The van der Waals surface area contributed by atoms with Crippen LogP contribution in [0, 0.1) is 5.92 Å². The minimum absolute atomic E-state index is 0.0363. The Labute approximate surface area is 309 Å². The maximum atomic E-state index is 15.0. The van der Waals surface area contributed by atoms with E-state index in [4.69, 9.17) is 13.9 Å². The number of rotatable bonds is 14. The number of β-lactam (4-membered cyclic amide) rings is 1. The monoisotopic (exact) mass is 735 g/mol. The van der Waals surface area contributed by atoms with Gasteiger partial charge < -0.3 is 18.8 Å². The molecule has 4 aromatic rings. The third kappa shape index (κ3) is 7.52. The first-order valence-electron chi connectivity index (χ1n) is 17.7. The summed E-state index contributed by atoms with van der Waals surface area (Å²) >= 11 is 0. The van der Waals surface area contributed by atoms with Gasteiger partial charge in [-0.2, -0.15) is 0 Å². The van der Waals surface area contributed by atoms with Crippen molar-refractivity contribution in [2.24, 2.45) is 5.92 Å². The minimum Gasteiger partial charge on any atom is -0.497 e. The predicted molar refractivity (Wildman–Crippen MR) is 215 cm³/mol. The second kappa shape index (κ2) is 16.0. The number of amides is 1. The van der Waals surface area contributed by atoms with Gasteiger partial charge in [-0.15, -0.1) is 0 Å². The third-order valence-electron chi connectivity index (χ3n) is 10.3. The van der Waals surface area contributed by atoms with Crippen molar-refractivity contribution >= 4 is 54.2 Å². The molecule has 1 aliphatic heterocycles. The molecule has 9 heteroatoms. The molecular weight excluding hydrogens is 686 g/mol. The first kappa shape index (κ1) is 38.7. The standard InChI is InChI=1S/C43H50NO6PSi/c1-9-28-49-42(47)41(51(34-22-13-10-14-23-34,35-24-15-11-16-25-35)36-26-17-12-18-27-36)44-37(30-38(45)32-20-19-21-33(29-32)48-6)39(40(44)46)31(2)50-52(7,8)43(3,4)5/h9-27,29,31,37,39H,1,28,30H2,2-8H3/t31-,37+,39+/m0/s1. The highest BCUT2D eigenvalue weighted by molar-refractivity contribution is 7.96. The maximum Gasteiger partial charge on any atom is 0.356 e. The summed E-state index contributed by atoms with van der Waals surface area (Å²) in [4.78, 5) is 45.7. The van der Waals surface area contributed by atoms with E-state index in [1.165, 1.54) is 6.08 Å². The van der Waals surface area contributed by atoms with Crippen molar-refractivity contribution in [3.05, 3.63) is 133 Å². The number of ketones is 1. The summed E-state index contributed by atoms with van der Waals surface area (Å²) in [5.74, 6) is -1.20. The SMILES string of the molecule is C=CCOC(=O)C(N1C(=O)[C@H]([C@H](C)O[Si](C)(C)C(C)(C)C)[C@H]1CC(=O)c1cccc(OC)c1)=P(c1ccccc1)(c1ccccc1)c1ccccc1. The fourth-order valence-corrected chi connectivity index (χ4v) is 12.6. The van der Waals surface area contributed by atoms with Crippen molar-refractivity contribution in [3.63, 3.8) is 0 Å². The van der Waals surface area contributed by atoms with Gasteiger partial charge in [0.15, 0.2) is 14.1 Å². The fraction of sp³-hybridized carbons (Fsp3) is 0.302. The molecule has 272 valence electrons. The normalized spacial score (nSPS) is 16.8. The lowest BCUT2D eigenvalue weighted by molar-refractivity contribution is -0.156. The van der Waals surface area contributed by atoms with Gasteiger partial charge in [-0.05, 0) is 53.1 Å². The molecule has 1 amide bonds. The molecule has 1 saturated heterocycles. The molecule has 0 bridgehead atoms. The molecule has 52 heavy (non-hydrogen) atoms. The van der Waals surface area contributed by atoms with Crippen LogP contribution in [0.2, 0.25) is 18.1 Å². The van der Waals surface area contributed by atoms with Gasteiger partial charge in [-0.25, -0.2) is 4.79 Å². The maximum absolute atomic E-state index is 15.0. The largest absolute Gasteiger partial charge is 0.497 e. The topological polar surface area (TPSA) is 82.1 Å². The van der Waals surface area contributed by atoms with E-state index < -0.39 is 39.2 Å². The summed E-state index contributed by atoms with van der Waals surface area (Å²) in [7, 11) is -0.789. The number of carbonyl (C=O) groups is 3. The zero-order valence-electron chi connectivity index (χ0n) is 31.2. The van der Waals surface area contributed by atoms with Crippen LogP contribution < -0.4 is 20.7 Å². The van der Waals surface area contributed by atoms with Gasteiger partial charge in [0.05, 0.1) is 25.2 Å². The van der Waals surface area contributed by atoms with Crippen molar-refractivity contribution in [2.45, 2.75) is 64.4 Å². The molecule has 7 nitrogen and oxygen atoms in total. The summed E-state index contributed by atoms with van der Waals surface area (Å²) in [5.41, 5.74) is 0.684. The van der Waals surface area contributed by atoms with Crippen molar-refractivity contribution in [3.8, 4) is 5.75 Å². The molecule has 1 aliphatic rings. The van der Waals surface area contributed by atoms with Crippen LogP contribution in [-0.4, -0.2) is 62.2 Å². The zero-order valence-corrected chi connectivity index (χ0v) is 33.1. The average Bonchev–Trinajstić information content (AvgIpc) is 3.14. The second-order valence-electron chi connectivity index (χ2n) is 14.6. The highest BCUT2D eigenvalue weighted by Gasteiger charge is 2.57. The predicted octanol–water partition coefficient (Wildman–Crippen LogP) is 7.36. The van der Waals surface area contributed by atoms with E-state index in [-0.39, 0.29) is 35.2 Å². The zero-order chi connectivity index (χ0) is 37.7. The van der Waals surface area contributed by atoms with Gasteiger partial charge in [-0.3, -0.25) is 9.59 Å². The van der Waals surface area contributed by atoms with Crippen LogP contribution in [0.1, 0.15) is 44.5 Å². The van der Waals surface area contributed by atoms with E-state index in [9.17, 15) is 9.59 Å². The Hall–Kier alpha value is -4.49. The molecule has 0 unspecified atom stereocenters. The fourth-order valence-electron chi connectivity index (χ4n) is 6.74. The average molecular weight is 736 g/mol. The Morgan fingerprint density at radius 2 is 1.38 bits per heavy atom. The molecule has 0 radical (unpaired) electrons. The summed E-state index contributed by atoms with van der Waals surface area (Å²) in [6, 6.07) is 35.9. The molecular formula is C43H50NO6PSi. The lowest BCUT2D eigenvalue weighted by Gasteiger charge is -2.53. The molecule has 0 aromatic heterocycles. The smallest absolute Gasteiger partial charge is 0.356 e. The highest BCUT2D eigenvalue weighted by Crippen LogP contribution is 2.50. The molecule has 5 rings (SSSR count). The Kier molecular flexibility index (Phi) is 11.9. The Morgan fingerprint density at radius 1 is 0.865 bits per heavy atom. The van der Waals surface area contributed by atoms with E-state index in [1.54, 1.807) is 36.3 Å². The quantitative estimate of drug-likeness (QED) is 0.0337. The molecule has 4 aromatic carbocycles. The molecule has 0 saturated carbocycles. The van der Waals surface area contributed by atoms with Crippen LogP contribution in [0.25, 0.3) is 0 Å². The van der Waals surface area contributed by atoms with E-state index >= 15 is 4.79 Å². The van der Waals surface area contributed by atoms with Crippen molar-refractivity contribution in [2.75, 3.05) is 13.7 Å². The number of hydrogen-bond acceptors (Lipinski definition) is 6. The van der Waals surface area contributed by atoms with Gasteiger partial charge in [0.2, 0.25) is 5.91 Å². The van der Waals surface area contributed by atoms with Gasteiger partial charge in [0, 0.05) is 18.9 Å². The van der Waals surface area contributed by atoms with Crippen molar-refractivity contribution < 1.29 is 28.3 Å². The van der Waals surface area contributed by atoms with Crippen LogP contribution in [0.4, 0.5) is 0 Å². The van der Waals surface area contributed by atoms with Crippen molar-refractivity contribution in [1.29, 1.82) is 0 Å². The van der Waals surface area contributed by atoms with Crippen LogP contribution in [0.15, 0.2) is 128 Å². The van der Waals surface area contributed by atoms with Crippen molar-refractivity contribution in [1.82, 2.24) is 4.90 Å². The van der Waals surface area contributed by atoms with E-state index in [0.717, 1.165) is 15.9 Å². The Balaban J connectivity index is 1.83. The lowest BCUT2D eigenvalue weighted by atomic mass is 9.79. The van der Waals surface area contributed by atoms with Gasteiger partial charge in [0.25, 0.3) is 0 Å². The van der Waals surface area contributed by atoms with Gasteiger partial charge >= 0.3 is 5.97 Å².